The molecule has 1 saturated carbocycles. The second-order valence-electron chi connectivity index (χ2n) is 6.61. The van der Waals surface area contributed by atoms with Gasteiger partial charge in [0.05, 0.1) is 17.4 Å². The van der Waals surface area contributed by atoms with Gasteiger partial charge in [-0.2, -0.15) is 0 Å². The zero-order valence-corrected chi connectivity index (χ0v) is 15.8. The first-order chi connectivity index (χ1) is 12.5. The molecule has 2 amide bonds. The number of nitrogens with one attached hydrogen (secondary N) is 1. The Morgan fingerprint density at radius 3 is 2.65 bits per heavy atom. The first kappa shape index (κ1) is 18.4. The number of thiazole rings is 1. The van der Waals surface area contributed by atoms with Gasteiger partial charge in [0, 0.05) is 19.2 Å². The van der Waals surface area contributed by atoms with E-state index in [-0.39, 0.29) is 17.7 Å². The van der Waals surface area contributed by atoms with E-state index in [9.17, 15) is 9.59 Å². The molecule has 1 aromatic heterocycles. The highest BCUT2D eigenvalue weighted by Crippen LogP contribution is 2.43. The first-order valence-electron chi connectivity index (χ1n) is 8.62. The third kappa shape index (κ3) is 3.31. The Morgan fingerprint density at radius 2 is 2.08 bits per heavy atom. The van der Waals surface area contributed by atoms with Gasteiger partial charge in [0.25, 0.3) is 5.19 Å². The molecule has 0 radical (unpaired) electrons. The number of methoxy groups -OCH3 is 1. The van der Waals surface area contributed by atoms with Crippen LogP contribution >= 0.6 is 11.3 Å². The predicted octanol–water partition coefficient (Wildman–Crippen LogP) is 2.48. The standard InChI is InChI=1S/C19H23N3O3S/c1-21-16(23)12-6-8-19(9-7-12,17(20)24)14-5-3-4-13(10-14)15-11-22-18(25-2)26-15/h3-5,10-12H,6-9H2,1-2H3,(H2,20,24)(H,21,23). The van der Waals surface area contributed by atoms with Crippen LogP contribution in [0.25, 0.3) is 10.4 Å². The van der Waals surface area contributed by atoms with Gasteiger partial charge in [-0.05, 0) is 42.9 Å². The number of aromatic nitrogens is 1. The predicted molar refractivity (Wildman–Crippen MR) is 101 cm³/mol. The van der Waals surface area contributed by atoms with Crippen molar-refractivity contribution in [3.63, 3.8) is 0 Å². The van der Waals surface area contributed by atoms with Crippen LogP contribution in [0.3, 0.4) is 0 Å². The Balaban J connectivity index is 1.91. The van der Waals surface area contributed by atoms with Crippen LogP contribution in [0.1, 0.15) is 31.2 Å². The molecule has 0 aliphatic heterocycles. The van der Waals surface area contributed by atoms with Gasteiger partial charge in [-0.3, -0.25) is 9.59 Å². The van der Waals surface area contributed by atoms with Gasteiger partial charge in [-0.25, -0.2) is 4.98 Å². The fourth-order valence-electron chi connectivity index (χ4n) is 3.71. The van der Waals surface area contributed by atoms with Crippen molar-refractivity contribution >= 4 is 23.2 Å². The van der Waals surface area contributed by atoms with E-state index in [0.29, 0.717) is 30.9 Å². The summed E-state index contributed by atoms with van der Waals surface area (Å²) in [4.78, 5) is 29.5. The van der Waals surface area contributed by atoms with Gasteiger partial charge in [0.2, 0.25) is 11.8 Å². The number of nitrogens with zero attached hydrogens (tertiary/aromatic N) is 1. The van der Waals surface area contributed by atoms with E-state index >= 15 is 0 Å². The number of primary amides is 1. The SMILES string of the molecule is CNC(=O)C1CCC(C(N)=O)(c2cccc(-c3cnc(OC)s3)c2)CC1. The number of rotatable bonds is 5. The molecule has 0 unspecified atom stereocenters. The minimum absolute atomic E-state index is 0.0357. The quantitative estimate of drug-likeness (QED) is 0.842. The van der Waals surface area contributed by atoms with Crippen LogP contribution in [-0.4, -0.2) is 31.0 Å². The average molecular weight is 373 g/mol. The topological polar surface area (TPSA) is 94.3 Å². The van der Waals surface area contributed by atoms with E-state index in [2.05, 4.69) is 10.3 Å². The number of amides is 2. The smallest absolute Gasteiger partial charge is 0.273 e. The molecule has 3 N–H and O–H groups in total. The van der Waals surface area contributed by atoms with Crippen molar-refractivity contribution < 1.29 is 14.3 Å². The van der Waals surface area contributed by atoms with Gasteiger partial charge in [-0.15, -0.1) is 0 Å². The Kier molecular flexibility index (Phi) is 5.27. The summed E-state index contributed by atoms with van der Waals surface area (Å²) in [7, 11) is 3.23. The molecule has 0 atom stereocenters. The van der Waals surface area contributed by atoms with Crippen molar-refractivity contribution in [2.24, 2.45) is 11.7 Å². The van der Waals surface area contributed by atoms with Gasteiger partial charge in [0.15, 0.2) is 0 Å². The number of nitrogens with two attached hydrogens (primary N) is 1. The van der Waals surface area contributed by atoms with Crippen LogP contribution in [0.2, 0.25) is 0 Å². The Hall–Kier alpha value is -2.41. The second-order valence-corrected chi connectivity index (χ2v) is 7.60. The fraction of sp³-hybridized carbons (Fsp3) is 0.421. The van der Waals surface area contributed by atoms with Crippen LogP contribution in [0.5, 0.6) is 5.19 Å². The second kappa shape index (κ2) is 7.45. The number of hydrogen-bond donors (Lipinski definition) is 2. The van der Waals surface area contributed by atoms with Crippen molar-refractivity contribution in [3.05, 3.63) is 36.0 Å². The maximum absolute atomic E-state index is 12.4. The van der Waals surface area contributed by atoms with E-state index in [1.165, 1.54) is 11.3 Å². The molecule has 6 nitrogen and oxygen atoms in total. The van der Waals surface area contributed by atoms with E-state index in [1.54, 1.807) is 20.4 Å². The van der Waals surface area contributed by atoms with Gasteiger partial charge in [0.1, 0.15) is 0 Å². The highest BCUT2D eigenvalue weighted by atomic mass is 32.1. The summed E-state index contributed by atoms with van der Waals surface area (Å²) in [6, 6.07) is 7.89. The van der Waals surface area contributed by atoms with Crippen LogP contribution in [0.4, 0.5) is 0 Å². The fourth-order valence-corrected chi connectivity index (χ4v) is 4.44. The number of hydrogen-bond acceptors (Lipinski definition) is 5. The van der Waals surface area contributed by atoms with Crippen molar-refractivity contribution in [1.82, 2.24) is 10.3 Å². The third-order valence-corrected chi connectivity index (χ3v) is 6.29. The van der Waals surface area contributed by atoms with E-state index in [4.69, 9.17) is 10.5 Å². The number of benzene rings is 1. The summed E-state index contributed by atoms with van der Waals surface area (Å²) in [6.07, 6.45) is 4.23. The van der Waals surface area contributed by atoms with Gasteiger partial charge < -0.3 is 15.8 Å². The molecule has 1 aliphatic rings. The largest absolute Gasteiger partial charge is 0.473 e. The molecule has 2 aromatic rings. The molecule has 7 heteroatoms. The lowest BCUT2D eigenvalue weighted by atomic mass is 9.66. The molecule has 1 heterocycles. The lowest BCUT2D eigenvalue weighted by molar-refractivity contribution is -0.130. The normalized spacial score (nSPS) is 22.6. The summed E-state index contributed by atoms with van der Waals surface area (Å²) in [6.45, 7) is 0. The Bertz CT molecular complexity index is 810. The third-order valence-electron chi connectivity index (χ3n) is 5.29. The van der Waals surface area contributed by atoms with Crippen molar-refractivity contribution in [2.45, 2.75) is 31.1 Å². The molecular weight excluding hydrogens is 350 g/mol. The molecule has 26 heavy (non-hydrogen) atoms. The van der Waals surface area contributed by atoms with Crippen LogP contribution in [0.15, 0.2) is 30.5 Å². The summed E-state index contributed by atoms with van der Waals surface area (Å²) >= 11 is 1.45. The Labute approximate surface area is 156 Å². The highest BCUT2D eigenvalue weighted by Gasteiger charge is 2.43. The van der Waals surface area contributed by atoms with E-state index in [1.807, 2.05) is 24.3 Å². The minimum Gasteiger partial charge on any atom is -0.473 e. The van der Waals surface area contributed by atoms with Crippen LogP contribution in [0, 0.1) is 5.92 Å². The van der Waals surface area contributed by atoms with E-state index < -0.39 is 5.41 Å². The molecule has 1 fully saturated rings. The molecule has 0 spiro atoms. The molecule has 1 aromatic carbocycles. The highest BCUT2D eigenvalue weighted by molar-refractivity contribution is 7.16. The monoisotopic (exact) mass is 373 g/mol. The summed E-state index contributed by atoms with van der Waals surface area (Å²) < 4.78 is 5.16. The number of carbonyl (C=O) groups excluding carboxylic acids is 2. The maximum atomic E-state index is 12.4. The van der Waals surface area contributed by atoms with Crippen molar-refractivity contribution in [1.29, 1.82) is 0 Å². The lowest BCUT2D eigenvalue weighted by Crippen LogP contribution is -2.46. The summed E-state index contributed by atoms with van der Waals surface area (Å²) in [5, 5.41) is 3.30. The number of carbonyl (C=O) groups is 2. The minimum atomic E-state index is -0.727. The molecule has 0 saturated heterocycles. The van der Waals surface area contributed by atoms with Crippen LogP contribution in [-0.2, 0) is 15.0 Å². The number of ether oxygens (including phenoxy) is 1. The van der Waals surface area contributed by atoms with Crippen LogP contribution < -0.4 is 15.8 Å². The molecule has 138 valence electrons. The molecular formula is C19H23N3O3S. The van der Waals surface area contributed by atoms with Gasteiger partial charge >= 0.3 is 0 Å². The summed E-state index contributed by atoms with van der Waals surface area (Å²) in [5.41, 5.74) is 7.00. The van der Waals surface area contributed by atoms with Crippen molar-refractivity contribution in [3.8, 4) is 15.6 Å². The first-order valence-corrected chi connectivity index (χ1v) is 9.44. The molecule has 0 bridgehead atoms. The maximum Gasteiger partial charge on any atom is 0.273 e. The molecule has 1 aliphatic carbocycles. The molecule has 3 rings (SSSR count). The lowest BCUT2D eigenvalue weighted by Gasteiger charge is -2.37. The summed E-state index contributed by atoms with van der Waals surface area (Å²) in [5.74, 6) is -0.345. The zero-order chi connectivity index (χ0) is 18.7. The van der Waals surface area contributed by atoms with Gasteiger partial charge in [-0.1, -0.05) is 29.5 Å². The van der Waals surface area contributed by atoms with Crippen molar-refractivity contribution in [2.75, 3.05) is 14.2 Å². The zero-order valence-electron chi connectivity index (χ0n) is 15.0. The average Bonchev–Trinajstić information content (AvgIpc) is 3.16. The Morgan fingerprint density at radius 1 is 1.35 bits per heavy atom. The van der Waals surface area contributed by atoms with E-state index in [0.717, 1.165) is 16.0 Å².